The number of hydrogen-bond donors (Lipinski definition) is 3. The van der Waals surface area contributed by atoms with Gasteiger partial charge in [-0.15, -0.1) is 0 Å². The second kappa shape index (κ2) is 4.02. The Morgan fingerprint density at radius 1 is 1.35 bits per heavy atom. The zero-order chi connectivity index (χ0) is 11.7. The first-order valence-corrected chi connectivity index (χ1v) is 5.99. The first-order valence-electron chi connectivity index (χ1n) is 5.05. The van der Waals surface area contributed by atoms with Crippen LogP contribution in [-0.2, 0) is 0 Å². The van der Waals surface area contributed by atoms with Crippen LogP contribution >= 0.6 is 11.3 Å². The zero-order valence-corrected chi connectivity index (χ0v) is 9.88. The highest BCUT2D eigenvalue weighted by molar-refractivity contribution is 7.08. The third kappa shape index (κ3) is 1.80. The van der Waals surface area contributed by atoms with Gasteiger partial charge in [-0.3, -0.25) is 0 Å². The Hall–Kier alpha value is -2.15. The van der Waals surface area contributed by atoms with Gasteiger partial charge in [0.15, 0.2) is 11.5 Å². The molecule has 3 aromatic rings. The Morgan fingerprint density at radius 3 is 3.06 bits per heavy atom. The molecule has 0 saturated heterocycles. The minimum Gasteiger partial charge on any atom is -0.371 e. The minimum atomic E-state index is 0.535. The molecule has 0 bridgehead atoms. The Balaban J connectivity index is 2.04. The molecule has 0 amide bonds. The summed E-state index contributed by atoms with van der Waals surface area (Å²) in [4.78, 5) is 15.8. The zero-order valence-electron chi connectivity index (χ0n) is 9.06. The minimum absolute atomic E-state index is 0.535. The van der Waals surface area contributed by atoms with Crippen LogP contribution in [0.15, 0.2) is 23.2 Å². The molecular formula is C10H10N6S. The van der Waals surface area contributed by atoms with E-state index in [2.05, 4.69) is 30.6 Å². The summed E-state index contributed by atoms with van der Waals surface area (Å²) in [5.74, 6) is 1.26. The summed E-state index contributed by atoms with van der Waals surface area (Å²) < 4.78 is 0. The number of hydrogen-bond acceptors (Lipinski definition) is 6. The second-order valence-corrected chi connectivity index (χ2v) is 4.16. The predicted octanol–water partition coefficient (Wildman–Crippen LogP) is 2.20. The molecule has 0 atom stereocenters. The van der Waals surface area contributed by atoms with Gasteiger partial charge in [0.1, 0.15) is 5.52 Å². The molecule has 0 fully saturated rings. The number of nitrogens with one attached hydrogen (secondary N) is 3. The van der Waals surface area contributed by atoms with Crippen LogP contribution in [0.25, 0.3) is 11.2 Å². The number of rotatable bonds is 3. The van der Waals surface area contributed by atoms with E-state index in [0.29, 0.717) is 11.6 Å². The van der Waals surface area contributed by atoms with Crippen LogP contribution in [0.3, 0.4) is 0 Å². The fourth-order valence-electron chi connectivity index (χ4n) is 1.53. The molecule has 0 aliphatic carbocycles. The lowest BCUT2D eigenvalue weighted by molar-refractivity contribution is 1.19. The van der Waals surface area contributed by atoms with Gasteiger partial charge in [0, 0.05) is 12.4 Å². The van der Waals surface area contributed by atoms with Crippen molar-refractivity contribution in [2.45, 2.75) is 0 Å². The van der Waals surface area contributed by atoms with Gasteiger partial charge in [0.25, 0.3) is 0 Å². The van der Waals surface area contributed by atoms with Crippen molar-refractivity contribution in [2.75, 3.05) is 17.7 Å². The summed E-state index contributed by atoms with van der Waals surface area (Å²) in [6.07, 6.45) is 1.61. The maximum absolute atomic E-state index is 4.37. The van der Waals surface area contributed by atoms with Gasteiger partial charge >= 0.3 is 0 Å². The lowest BCUT2D eigenvalue weighted by Gasteiger charge is -2.05. The average Bonchev–Trinajstić information content (AvgIpc) is 2.98. The average molecular weight is 246 g/mol. The van der Waals surface area contributed by atoms with E-state index < -0.39 is 0 Å². The molecule has 7 heteroatoms. The number of fused-ring (bicyclic) bond motifs is 1. The van der Waals surface area contributed by atoms with Crippen LogP contribution < -0.4 is 10.6 Å². The van der Waals surface area contributed by atoms with E-state index in [1.807, 2.05) is 23.9 Å². The number of anilines is 3. The molecule has 0 aliphatic rings. The fourth-order valence-corrected chi connectivity index (χ4v) is 2.12. The predicted molar refractivity (Wildman–Crippen MR) is 68.8 cm³/mol. The quantitative estimate of drug-likeness (QED) is 0.660. The number of imidazole rings is 1. The van der Waals surface area contributed by atoms with Crippen molar-refractivity contribution in [3.8, 4) is 0 Å². The molecule has 3 aromatic heterocycles. The summed E-state index contributed by atoms with van der Waals surface area (Å²) in [7, 11) is 1.82. The number of H-pyrrole nitrogens is 1. The maximum Gasteiger partial charge on any atom is 0.231 e. The van der Waals surface area contributed by atoms with Gasteiger partial charge in [-0.05, 0) is 11.4 Å². The van der Waals surface area contributed by atoms with Gasteiger partial charge in [0.2, 0.25) is 5.95 Å². The Kier molecular flexibility index (Phi) is 2.37. The van der Waals surface area contributed by atoms with Crippen LogP contribution in [-0.4, -0.2) is 27.0 Å². The molecule has 3 heterocycles. The smallest absolute Gasteiger partial charge is 0.231 e. The van der Waals surface area contributed by atoms with Crippen LogP contribution in [0.1, 0.15) is 0 Å². The molecule has 3 N–H and O–H groups in total. The van der Waals surface area contributed by atoms with E-state index >= 15 is 0 Å². The molecule has 17 heavy (non-hydrogen) atoms. The highest BCUT2D eigenvalue weighted by Crippen LogP contribution is 2.21. The molecule has 0 radical (unpaired) electrons. The molecule has 86 valence electrons. The van der Waals surface area contributed by atoms with Crippen molar-refractivity contribution in [2.24, 2.45) is 0 Å². The highest BCUT2D eigenvalue weighted by Gasteiger charge is 2.08. The largest absolute Gasteiger partial charge is 0.371 e. The van der Waals surface area contributed by atoms with Crippen molar-refractivity contribution >= 4 is 40.0 Å². The normalized spacial score (nSPS) is 10.6. The Morgan fingerprint density at radius 2 is 2.29 bits per heavy atom. The van der Waals surface area contributed by atoms with E-state index in [-0.39, 0.29) is 0 Å². The van der Waals surface area contributed by atoms with Crippen molar-refractivity contribution in [3.05, 3.63) is 23.2 Å². The van der Waals surface area contributed by atoms with E-state index in [0.717, 1.165) is 17.0 Å². The molecule has 3 rings (SSSR count). The highest BCUT2D eigenvalue weighted by atomic mass is 32.1. The topological polar surface area (TPSA) is 78.5 Å². The summed E-state index contributed by atoms with van der Waals surface area (Å²) in [6.45, 7) is 0. The summed E-state index contributed by atoms with van der Waals surface area (Å²) in [5.41, 5.74) is 2.43. The first kappa shape index (κ1) is 10.0. The van der Waals surface area contributed by atoms with Crippen LogP contribution in [0.5, 0.6) is 0 Å². The van der Waals surface area contributed by atoms with Crippen LogP contribution in [0.4, 0.5) is 17.5 Å². The summed E-state index contributed by atoms with van der Waals surface area (Å²) in [6, 6.07) is 1.97. The van der Waals surface area contributed by atoms with E-state index in [9.17, 15) is 0 Å². The summed E-state index contributed by atoms with van der Waals surface area (Å²) >= 11 is 1.62. The Labute approximate surface area is 101 Å². The van der Waals surface area contributed by atoms with Gasteiger partial charge < -0.3 is 15.6 Å². The van der Waals surface area contributed by atoms with E-state index in [4.69, 9.17) is 0 Å². The van der Waals surface area contributed by atoms with Crippen molar-refractivity contribution < 1.29 is 0 Å². The molecule has 6 nitrogen and oxygen atoms in total. The molecule has 0 spiro atoms. The van der Waals surface area contributed by atoms with E-state index in [1.165, 1.54) is 0 Å². The number of thiophene rings is 1. The molecule has 0 aliphatic heterocycles. The Bertz CT molecular complexity index is 629. The third-order valence-corrected chi connectivity index (χ3v) is 2.98. The number of aromatic amines is 1. The fraction of sp³-hybridized carbons (Fsp3) is 0.100. The SMILES string of the molecule is CNc1nc(Nc2ccsc2)nc2nc[nH]c12. The number of aromatic nitrogens is 4. The number of nitrogens with zero attached hydrogens (tertiary/aromatic N) is 3. The van der Waals surface area contributed by atoms with E-state index in [1.54, 1.807) is 17.7 Å². The lowest BCUT2D eigenvalue weighted by atomic mass is 10.5. The summed E-state index contributed by atoms with van der Waals surface area (Å²) in [5, 5.41) is 10.1. The monoisotopic (exact) mass is 246 g/mol. The van der Waals surface area contributed by atoms with Crippen LogP contribution in [0.2, 0.25) is 0 Å². The van der Waals surface area contributed by atoms with Gasteiger partial charge in [-0.2, -0.15) is 21.3 Å². The standard InChI is InChI=1S/C10H10N6S/c1-11-8-7-9(13-5-12-7)16-10(15-8)14-6-2-3-17-4-6/h2-5H,1H3,(H3,11,12,13,14,15,16). The molecule has 0 unspecified atom stereocenters. The van der Waals surface area contributed by atoms with Crippen molar-refractivity contribution in [3.63, 3.8) is 0 Å². The van der Waals surface area contributed by atoms with Crippen molar-refractivity contribution in [1.29, 1.82) is 0 Å². The first-order chi connectivity index (χ1) is 8.36. The van der Waals surface area contributed by atoms with Crippen LogP contribution in [0, 0.1) is 0 Å². The van der Waals surface area contributed by atoms with Gasteiger partial charge in [-0.25, -0.2) is 4.98 Å². The molecule has 0 aromatic carbocycles. The van der Waals surface area contributed by atoms with Gasteiger partial charge in [-0.1, -0.05) is 0 Å². The molecule has 0 saturated carbocycles. The third-order valence-electron chi connectivity index (χ3n) is 2.30. The van der Waals surface area contributed by atoms with Crippen molar-refractivity contribution in [1.82, 2.24) is 19.9 Å². The van der Waals surface area contributed by atoms with Gasteiger partial charge in [0.05, 0.1) is 12.0 Å². The second-order valence-electron chi connectivity index (χ2n) is 3.38. The lowest BCUT2D eigenvalue weighted by Crippen LogP contribution is -2.01. The maximum atomic E-state index is 4.37. The molecular weight excluding hydrogens is 236 g/mol.